The van der Waals surface area contributed by atoms with Gasteiger partial charge in [0.1, 0.15) is 12.1 Å². The topological polar surface area (TPSA) is 125 Å². The molecule has 0 radical (unpaired) electrons. The number of nitrogens with one attached hydrogen (secondary N) is 2. The second-order valence-electron chi connectivity index (χ2n) is 9.44. The van der Waals surface area contributed by atoms with Gasteiger partial charge in [-0.25, -0.2) is 9.59 Å². The Labute approximate surface area is 191 Å². The van der Waals surface area contributed by atoms with E-state index in [2.05, 4.69) is 10.6 Å². The largest absolute Gasteiger partial charge is 0.480 e. The number of carboxylic acids is 1. The van der Waals surface area contributed by atoms with Crippen molar-refractivity contribution in [3.05, 3.63) is 0 Å². The van der Waals surface area contributed by atoms with Crippen LogP contribution in [0, 0.1) is 0 Å². The van der Waals surface area contributed by atoms with Crippen LogP contribution in [0.1, 0.15) is 98.3 Å². The van der Waals surface area contributed by atoms with E-state index in [1.165, 1.54) is 30.6 Å². The third-order valence-corrected chi connectivity index (χ3v) is 5.45. The highest BCUT2D eigenvalue weighted by atomic mass is 16.6. The molecule has 32 heavy (non-hydrogen) atoms. The molecule has 0 spiro atoms. The highest BCUT2D eigenvalue weighted by molar-refractivity contribution is 5.94. The monoisotopic (exact) mass is 455 g/mol. The third kappa shape index (κ3) is 11.3. The Hall–Kier alpha value is -2.32. The standard InChI is InChI=1S/C16H28N2O2.C7H13NO4/c1-2-15(19)18(14-11-7-4-8-12-14)16(20)17-13-9-5-3-6-10-13;1-7(2,3)12-6(11)8-4-5(9)10/h13-14H,2-12H2,1H3,(H,17,20);4H2,1-3H3,(H,8,11)(H,9,10). The van der Waals surface area contributed by atoms with E-state index in [1.54, 1.807) is 20.8 Å². The van der Waals surface area contributed by atoms with Crippen molar-refractivity contribution >= 4 is 24.0 Å². The van der Waals surface area contributed by atoms with Gasteiger partial charge in [0, 0.05) is 18.5 Å². The van der Waals surface area contributed by atoms with Gasteiger partial charge >= 0.3 is 18.1 Å². The van der Waals surface area contributed by atoms with Crippen molar-refractivity contribution in [2.45, 2.75) is 116 Å². The maximum Gasteiger partial charge on any atom is 0.408 e. The number of carboxylic acid groups (broad SMARTS) is 1. The summed E-state index contributed by atoms with van der Waals surface area (Å²) in [5.74, 6) is -1.12. The molecule has 0 unspecified atom stereocenters. The number of aliphatic carboxylic acids is 1. The van der Waals surface area contributed by atoms with Gasteiger partial charge in [0.05, 0.1) is 0 Å². The number of alkyl carbamates (subject to hydrolysis) is 1. The van der Waals surface area contributed by atoms with Crippen molar-refractivity contribution in [2.75, 3.05) is 6.54 Å². The molecule has 0 atom stereocenters. The van der Waals surface area contributed by atoms with Crippen LogP contribution < -0.4 is 10.6 Å². The van der Waals surface area contributed by atoms with Crippen LogP contribution in [0.5, 0.6) is 0 Å². The lowest BCUT2D eigenvalue weighted by Gasteiger charge is -2.34. The fourth-order valence-corrected chi connectivity index (χ4v) is 3.95. The first kappa shape index (κ1) is 27.7. The molecule has 0 heterocycles. The van der Waals surface area contributed by atoms with Crippen molar-refractivity contribution in [3.63, 3.8) is 0 Å². The van der Waals surface area contributed by atoms with E-state index in [9.17, 15) is 19.2 Å². The highest BCUT2D eigenvalue weighted by Crippen LogP contribution is 2.24. The van der Waals surface area contributed by atoms with Crippen LogP contribution >= 0.6 is 0 Å². The van der Waals surface area contributed by atoms with Crippen LogP contribution in [0.15, 0.2) is 0 Å². The van der Waals surface area contributed by atoms with E-state index in [1.807, 2.05) is 6.92 Å². The molecular formula is C23H41N3O6. The van der Waals surface area contributed by atoms with E-state index in [4.69, 9.17) is 9.84 Å². The lowest BCUT2D eigenvalue weighted by Crippen LogP contribution is -2.52. The predicted molar refractivity (Wildman–Crippen MR) is 121 cm³/mol. The molecule has 3 N–H and O–H groups in total. The van der Waals surface area contributed by atoms with Crippen LogP contribution in [0.25, 0.3) is 0 Å². The van der Waals surface area contributed by atoms with E-state index in [-0.39, 0.29) is 24.0 Å². The summed E-state index contributed by atoms with van der Waals surface area (Å²) < 4.78 is 4.77. The molecule has 2 fully saturated rings. The summed E-state index contributed by atoms with van der Waals surface area (Å²) in [6.45, 7) is 6.52. The molecule has 0 saturated heterocycles. The zero-order valence-electron chi connectivity index (χ0n) is 20.1. The van der Waals surface area contributed by atoms with Gasteiger partial charge in [-0.05, 0) is 46.5 Å². The number of ether oxygens (including phenoxy) is 1. The Kier molecular flexibility index (Phi) is 12.1. The molecule has 4 amide bonds. The van der Waals surface area contributed by atoms with Gasteiger partial charge in [-0.15, -0.1) is 0 Å². The molecular weight excluding hydrogens is 414 g/mol. The first-order chi connectivity index (χ1) is 15.0. The van der Waals surface area contributed by atoms with E-state index < -0.39 is 24.2 Å². The molecule has 9 nitrogen and oxygen atoms in total. The molecule has 0 aromatic rings. The molecule has 0 bridgehead atoms. The molecule has 184 valence electrons. The Morgan fingerprint density at radius 1 is 0.938 bits per heavy atom. The van der Waals surface area contributed by atoms with Crippen molar-refractivity contribution in [1.82, 2.24) is 15.5 Å². The number of rotatable bonds is 5. The lowest BCUT2D eigenvalue weighted by molar-refractivity contribution is -0.136. The first-order valence-electron chi connectivity index (χ1n) is 11.8. The van der Waals surface area contributed by atoms with Gasteiger partial charge in [-0.3, -0.25) is 14.5 Å². The normalized spacial score (nSPS) is 17.4. The van der Waals surface area contributed by atoms with E-state index in [0.29, 0.717) is 6.42 Å². The van der Waals surface area contributed by atoms with Gasteiger partial charge < -0.3 is 20.5 Å². The fourth-order valence-electron chi connectivity index (χ4n) is 3.95. The van der Waals surface area contributed by atoms with Gasteiger partial charge in [-0.2, -0.15) is 0 Å². The summed E-state index contributed by atoms with van der Waals surface area (Å²) in [4.78, 5) is 47.0. The fraction of sp³-hybridized carbons (Fsp3) is 0.826. The van der Waals surface area contributed by atoms with Crippen LogP contribution in [-0.4, -0.2) is 58.2 Å². The van der Waals surface area contributed by atoms with Crippen molar-refractivity contribution < 1.29 is 29.0 Å². The van der Waals surface area contributed by atoms with Crippen molar-refractivity contribution in [2.24, 2.45) is 0 Å². The van der Waals surface area contributed by atoms with E-state index >= 15 is 0 Å². The second kappa shape index (κ2) is 14.0. The SMILES string of the molecule is CC(C)(C)OC(=O)NCC(=O)O.CCC(=O)N(C(=O)NC1CCCCC1)C1CCCCC1. The summed E-state index contributed by atoms with van der Waals surface area (Å²) >= 11 is 0. The molecule has 2 aliphatic rings. The smallest absolute Gasteiger partial charge is 0.408 e. The summed E-state index contributed by atoms with van der Waals surface area (Å²) in [6.07, 6.45) is 10.9. The van der Waals surface area contributed by atoms with Crippen LogP contribution in [0.3, 0.4) is 0 Å². The molecule has 0 aromatic heterocycles. The summed E-state index contributed by atoms with van der Waals surface area (Å²) in [5.41, 5.74) is -0.595. The molecule has 0 aliphatic heterocycles. The summed E-state index contributed by atoms with van der Waals surface area (Å²) in [6, 6.07) is 0.252. The second-order valence-corrected chi connectivity index (χ2v) is 9.44. The van der Waals surface area contributed by atoms with Gasteiger partial charge in [-0.1, -0.05) is 45.4 Å². The van der Waals surface area contributed by atoms with Crippen LogP contribution in [0.2, 0.25) is 0 Å². The number of amides is 4. The number of carbonyl (C=O) groups is 4. The lowest BCUT2D eigenvalue weighted by atomic mass is 9.93. The first-order valence-corrected chi connectivity index (χ1v) is 11.8. The van der Waals surface area contributed by atoms with Gasteiger partial charge in [0.25, 0.3) is 0 Å². The Morgan fingerprint density at radius 3 is 1.94 bits per heavy atom. The number of hydrogen-bond acceptors (Lipinski definition) is 5. The number of urea groups is 1. The molecule has 2 aliphatic carbocycles. The minimum Gasteiger partial charge on any atom is -0.480 e. The Bertz CT molecular complexity index is 620. The quantitative estimate of drug-likeness (QED) is 0.571. The molecule has 9 heteroatoms. The Balaban J connectivity index is 0.000000368. The zero-order chi connectivity index (χ0) is 24.1. The Morgan fingerprint density at radius 2 is 1.47 bits per heavy atom. The predicted octanol–water partition coefficient (Wildman–Crippen LogP) is 4.20. The van der Waals surface area contributed by atoms with Crippen LogP contribution in [0.4, 0.5) is 9.59 Å². The summed E-state index contributed by atoms with van der Waals surface area (Å²) in [5, 5.41) is 13.4. The minimum absolute atomic E-state index is 0.0230. The summed E-state index contributed by atoms with van der Waals surface area (Å²) in [7, 11) is 0. The average Bonchev–Trinajstić information content (AvgIpc) is 2.73. The number of carbonyl (C=O) groups excluding carboxylic acids is 3. The molecule has 2 rings (SSSR count). The maximum atomic E-state index is 12.5. The number of imide groups is 1. The minimum atomic E-state index is -1.10. The molecule has 2 saturated carbocycles. The third-order valence-electron chi connectivity index (χ3n) is 5.45. The van der Waals surface area contributed by atoms with Gasteiger partial charge in [0.2, 0.25) is 5.91 Å². The number of hydrogen-bond donors (Lipinski definition) is 3. The zero-order valence-corrected chi connectivity index (χ0v) is 20.1. The number of nitrogens with zero attached hydrogens (tertiary/aromatic N) is 1. The highest BCUT2D eigenvalue weighted by Gasteiger charge is 2.31. The van der Waals surface area contributed by atoms with Crippen molar-refractivity contribution in [1.29, 1.82) is 0 Å². The maximum absolute atomic E-state index is 12.5. The average molecular weight is 456 g/mol. The molecule has 0 aromatic carbocycles. The van der Waals surface area contributed by atoms with Crippen molar-refractivity contribution in [3.8, 4) is 0 Å². The van der Waals surface area contributed by atoms with E-state index in [0.717, 1.165) is 38.5 Å². The van der Waals surface area contributed by atoms with Crippen LogP contribution in [-0.2, 0) is 14.3 Å². The van der Waals surface area contributed by atoms with Gasteiger partial charge in [0.15, 0.2) is 0 Å².